The molecule has 0 aliphatic heterocycles. The second-order valence-electron chi connectivity index (χ2n) is 4.12. The van der Waals surface area contributed by atoms with E-state index >= 15 is 0 Å². The fourth-order valence-electron chi connectivity index (χ4n) is 1.72. The van der Waals surface area contributed by atoms with E-state index in [9.17, 15) is 0 Å². The Labute approximate surface area is 107 Å². The van der Waals surface area contributed by atoms with E-state index in [4.69, 9.17) is 11.6 Å². The van der Waals surface area contributed by atoms with E-state index in [-0.39, 0.29) is 0 Å². The number of aromatic nitrogens is 1. The van der Waals surface area contributed by atoms with Gasteiger partial charge < -0.3 is 4.90 Å². The lowest BCUT2D eigenvalue weighted by Gasteiger charge is -2.19. The zero-order chi connectivity index (χ0) is 12.3. The van der Waals surface area contributed by atoms with Gasteiger partial charge in [0.25, 0.3) is 0 Å². The van der Waals surface area contributed by atoms with Crippen molar-refractivity contribution in [3.8, 4) is 0 Å². The zero-order valence-electron chi connectivity index (χ0n) is 10.0. The summed E-state index contributed by atoms with van der Waals surface area (Å²) in [7, 11) is 2.03. The number of nitrogens with zero attached hydrogens (tertiary/aromatic N) is 2. The summed E-state index contributed by atoms with van der Waals surface area (Å²) in [5.41, 5.74) is 2.61. The first-order valence-electron chi connectivity index (χ1n) is 5.54. The van der Waals surface area contributed by atoms with Crippen molar-refractivity contribution in [1.82, 2.24) is 4.98 Å². The van der Waals surface area contributed by atoms with Crippen LogP contribution in [0.25, 0.3) is 0 Å². The molecule has 17 heavy (non-hydrogen) atoms. The Morgan fingerprint density at radius 3 is 2.59 bits per heavy atom. The summed E-state index contributed by atoms with van der Waals surface area (Å²) in [5.74, 6) is 0.928. The van der Waals surface area contributed by atoms with Crippen LogP contribution in [0.4, 0.5) is 5.82 Å². The molecule has 1 aromatic carbocycles. The van der Waals surface area contributed by atoms with Gasteiger partial charge in [-0.15, -0.1) is 0 Å². The monoisotopic (exact) mass is 246 g/mol. The number of anilines is 1. The minimum Gasteiger partial charge on any atom is -0.355 e. The van der Waals surface area contributed by atoms with Gasteiger partial charge >= 0.3 is 0 Å². The third-order valence-electron chi connectivity index (χ3n) is 2.77. The SMILES string of the molecule is Cc1ccccc1CN(C)c1ccc(Cl)cn1. The number of halogens is 1. The van der Waals surface area contributed by atoms with Gasteiger partial charge in [0.2, 0.25) is 0 Å². The van der Waals surface area contributed by atoms with E-state index in [1.165, 1.54) is 11.1 Å². The normalized spacial score (nSPS) is 10.3. The van der Waals surface area contributed by atoms with Crippen LogP contribution in [0.2, 0.25) is 5.02 Å². The second-order valence-corrected chi connectivity index (χ2v) is 4.55. The van der Waals surface area contributed by atoms with Crippen molar-refractivity contribution in [3.63, 3.8) is 0 Å². The molecule has 0 saturated carbocycles. The van der Waals surface area contributed by atoms with E-state index in [0.29, 0.717) is 5.02 Å². The van der Waals surface area contributed by atoms with Crippen LogP contribution in [0.1, 0.15) is 11.1 Å². The van der Waals surface area contributed by atoms with Crippen LogP contribution in [0.5, 0.6) is 0 Å². The molecule has 2 rings (SSSR count). The van der Waals surface area contributed by atoms with Gasteiger partial charge in [-0.2, -0.15) is 0 Å². The van der Waals surface area contributed by atoms with Crippen molar-refractivity contribution >= 4 is 17.4 Å². The van der Waals surface area contributed by atoms with Gasteiger partial charge in [0.15, 0.2) is 0 Å². The maximum atomic E-state index is 5.82. The summed E-state index contributed by atoms with van der Waals surface area (Å²) in [6, 6.07) is 12.2. The van der Waals surface area contributed by atoms with Crippen molar-refractivity contribution in [2.24, 2.45) is 0 Å². The average molecular weight is 247 g/mol. The average Bonchev–Trinajstić information content (AvgIpc) is 2.33. The Bertz CT molecular complexity index is 494. The second kappa shape index (κ2) is 5.19. The molecule has 0 saturated heterocycles. The van der Waals surface area contributed by atoms with Gasteiger partial charge in [-0.25, -0.2) is 4.98 Å². The predicted octanol–water partition coefficient (Wildman–Crippen LogP) is 3.68. The van der Waals surface area contributed by atoms with Crippen molar-refractivity contribution in [1.29, 1.82) is 0 Å². The molecule has 0 fully saturated rings. The van der Waals surface area contributed by atoms with E-state index < -0.39 is 0 Å². The highest BCUT2D eigenvalue weighted by atomic mass is 35.5. The molecule has 0 spiro atoms. The third kappa shape index (κ3) is 2.98. The number of benzene rings is 1. The van der Waals surface area contributed by atoms with E-state index in [2.05, 4.69) is 41.1 Å². The maximum absolute atomic E-state index is 5.82. The van der Waals surface area contributed by atoms with Gasteiger partial charge in [-0.05, 0) is 30.2 Å². The highest BCUT2D eigenvalue weighted by Crippen LogP contribution is 2.16. The summed E-state index contributed by atoms with van der Waals surface area (Å²) >= 11 is 5.82. The molecular weight excluding hydrogens is 232 g/mol. The Hall–Kier alpha value is -1.54. The summed E-state index contributed by atoms with van der Waals surface area (Å²) < 4.78 is 0. The van der Waals surface area contributed by atoms with Crippen LogP contribution >= 0.6 is 11.6 Å². The molecule has 88 valence electrons. The topological polar surface area (TPSA) is 16.1 Å². The Morgan fingerprint density at radius 1 is 1.18 bits per heavy atom. The van der Waals surface area contributed by atoms with Crippen molar-refractivity contribution in [3.05, 3.63) is 58.7 Å². The highest BCUT2D eigenvalue weighted by molar-refractivity contribution is 6.30. The quantitative estimate of drug-likeness (QED) is 0.821. The first-order valence-corrected chi connectivity index (χ1v) is 5.92. The largest absolute Gasteiger partial charge is 0.355 e. The Balaban J connectivity index is 2.14. The summed E-state index contributed by atoms with van der Waals surface area (Å²) in [4.78, 5) is 6.41. The first kappa shape index (κ1) is 11.9. The van der Waals surface area contributed by atoms with Crippen molar-refractivity contribution in [2.75, 3.05) is 11.9 Å². The van der Waals surface area contributed by atoms with Crippen LogP contribution in [0.3, 0.4) is 0 Å². The Morgan fingerprint density at radius 2 is 1.94 bits per heavy atom. The number of hydrogen-bond donors (Lipinski definition) is 0. The molecule has 0 aliphatic rings. The van der Waals surface area contributed by atoms with E-state index in [1.807, 2.05) is 19.2 Å². The molecule has 0 unspecified atom stereocenters. The van der Waals surface area contributed by atoms with Crippen LogP contribution < -0.4 is 4.90 Å². The third-order valence-corrected chi connectivity index (χ3v) is 3.00. The summed E-state index contributed by atoms with van der Waals surface area (Å²) in [5, 5.41) is 0.665. The van der Waals surface area contributed by atoms with Gasteiger partial charge in [0.05, 0.1) is 5.02 Å². The molecule has 2 aromatic rings. The Kier molecular flexibility index (Phi) is 3.64. The van der Waals surface area contributed by atoms with Crippen LogP contribution in [-0.4, -0.2) is 12.0 Å². The fourth-order valence-corrected chi connectivity index (χ4v) is 1.83. The molecule has 1 heterocycles. The van der Waals surface area contributed by atoms with Gasteiger partial charge in [-0.1, -0.05) is 35.9 Å². The molecule has 3 heteroatoms. The maximum Gasteiger partial charge on any atom is 0.128 e. The van der Waals surface area contributed by atoms with Gasteiger partial charge in [0.1, 0.15) is 5.82 Å². The first-order chi connectivity index (χ1) is 8.16. The smallest absolute Gasteiger partial charge is 0.128 e. The van der Waals surface area contributed by atoms with Crippen molar-refractivity contribution < 1.29 is 0 Å². The summed E-state index contributed by atoms with van der Waals surface area (Å²) in [6.07, 6.45) is 1.67. The van der Waals surface area contributed by atoms with Crippen LogP contribution in [0, 0.1) is 6.92 Å². The highest BCUT2D eigenvalue weighted by Gasteiger charge is 2.04. The fraction of sp³-hybridized carbons (Fsp3) is 0.214. The lowest BCUT2D eigenvalue weighted by molar-refractivity contribution is 0.891. The molecule has 0 amide bonds. The minimum atomic E-state index is 0.665. The molecule has 0 bridgehead atoms. The van der Waals surface area contributed by atoms with Gasteiger partial charge in [-0.3, -0.25) is 0 Å². The number of pyridine rings is 1. The molecule has 0 atom stereocenters. The van der Waals surface area contributed by atoms with Crippen LogP contribution in [-0.2, 0) is 6.54 Å². The minimum absolute atomic E-state index is 0.665. The van der Waals surface area contributed by atoms with E-state index in [1.54, 1.807) is 6.20 Å². The molecule has 0 N–H and O–H groups in total. The molecule has 0 aliphatic carbocycles. The molecular formula is C14H15ClN2. The molecule has 0 radical (unpaired) electrons. The zero-order valence-corrected chi connectivity index (χ0v) is 10.8. The number of aryl methyl sites for hydroxylation is 1. The van der Waals surface area contributed by atoms with Crippen molar-refractivity contribution in [2.45, 2.75) is 13.5 Å². The lowest BCUT2D eigenvalue weighted by atomic mass is 10.1. The number of rotatable bonds is 3. The standard InChI is InChI=1S/C14H15ClN2/c1-11-5-3-4-6-12(11)10-17(2)14-8-7-13(15)9-16-14/h3-9H,10H2,1-2H3. The van der Waals surface area contributed by atoms with Gasteiger partial charge in [0, 0.05) is 19.8 Å². The molecule has 2 nitrogen and oxygen atoms in total. The predicted molar refractivity (Wildman–Crippen MR) is 72.5 cm³/mol. The summed E-state index contributed by atoms with van der Waals surface area (Å²) in [6.45, 7) is 2.97. The number of hydrogen-bond acceptors (Lipinski definition) is 2. The lowest BCUT2D eigenvalue weighted by Crippen LogP contribution is -2.18. The van der Waals surface area contributed by atoms with Crippen LogP contribution in [0.15, 0.2) is 42.6 Å². The van der Waals surface area contributed by atoms with E-state index in [0.717, 1.165) is 12.4 Å². The molecule has 1 aromatic heterocycles.